The molecule has 1 fully saturated rings. The lowest BCUT2D eigenvalue weighted by Gasteiger charge is -2.37. The van der Waals surface area contributed by atoms with Gasteiger partial charge in [0.1, 0.15) is 0 Å². The van der Waals surface area contributed by atoms with Crippen LogP contribution in [0.1, 0.15) is 13.8 Å². The van der Waals surface area contributed by atoms with Crippen LogP contribution in [0, 0.1) is 23.2 Å². The number of carbonyl (C=O) groups is 1. The van der Waals surface area contributed by atoms with Crippen molar-refractivity contribution in [1.29, 1.82) is 5.26 Å². The summed E-state index contributed by atoms with van der Waals surface area (Å²) in [4.78, 5) is 13.2. The van der Waals surface area contributed by atoms with E-state index in [2.05, 4.69) is 6.07 Å². The molecule has 1 saturated heterocycles. The Balaban J connectivity index is 2.40. The molecule has 0 spiro atoms. The van der Waals surface area contributed by atoms with E-state index in [1.54, 1.807) is 4.90 Å². The largest absolute Gasteiger partial charge is 0.339 e. The van der Waals surface area contributed by atoms with Gasteiger partial charge in [0.25, 0.3) is 0 Å². The Morgan fingerprint density at radius 3 is 2.54 bits per heavy atom. The van der Waals surface area contributed by atoms with Gasteiger partial charge >= 0.3 is 0 Å². The Morgan fingerprint density at radius 1 is 1.62 bits per heavy atom. The van der Waals surface area contributed by atoms with Crippen LogP contribution in [0.2, 0.25) is 0 Å². The van der Waals surface area contributed by atoms with E-state index in [0.717, 1.165) is 0 Å². The maximum atomic E-state index is 11.5. The molecule has 1 aliphatic rings. The predicted molar refractivity (Wildman–Crippen MR) is 48.5 cm³/mol. The number of likely N-dealkylation sites (tertiary alicyclic amines) is 1. The van der Waals surface area contributed by atoms with Gasteiger partial charge < -0.3 is 10.6 Å². The first-order chi connectivity index (χ1) is 6.06. The lowest BCUT2D eigenvalue weighted by molar-refractivity contribution is -0.138. The first-order valence-electron chi connectivity index (χ1n) is 4.50. The quantitative estimate of drug-likeness (QED) is 0.649. The fourth-order valence-corrected chi connectivity index (χ4v) is 1.24. The summed E-state index contributed by atoms with van der Waals surface area (Å²) in [5.74, 6) is 0.151. The van der Waals surface area contributed by atoms with E-state index in [0.29, 0.717) is 13.1 Å². The lowest BCUT2D eigenvalue weighted by atomic mass is 9.97. The van der Waals surface area contributed by atoms with Gasteiger partial charge in [0.05, 0.1) is 18.0 Å². The van der Waals surface area contributed by atoms with Crippen molar-refractivity contribution in [3.8, 4) is 6.07 Å². The lowest BCUT2D eigenvalue weighted by Crippen LogP contribution is -2.56. The second kappa shape index (κ2) is 3.75. The van der Waals surface area contributed by atoms with Crippen LogP contribution in [0.25, 0.3) is 0 Å². The molecule has 0 aromatic carbocycles. The topological polar surface area (TPSA) is 70.1 Å². The molecule has 0 aromatic heterocycles. The first kappa shape index (κ1) is 10.0. The summed E-state index contributed by atoms with van der Waals surface area (Å²) in [6.07, 6.45) is 0. The molecule has 1 amide bonds. The zero-order chi connectivity index (χ0) is 10.0. The highest BCUT2D eigenvalue weighted by Gasteiger charge is 2.33. The molecule has 1 rings (SSSR count). The summed E-state index contributed by atoms with van der Waals surface area (Å²) < 4.78 is 0. The van der Waals surface area contributed by atoms with Crippen molar-refractivity contribution in [2.45, 2.75) is 19.9 Å². The van der Waals surface area contributed by atoms with Crippen LogP contribution in [0.5, 0.6) is 0 Å². The van der Waals surface area contributed by atoms with Crippen LogP contribution >= 0.6 is 0 Å². The van der Waals surface area contributed by atoms with E-state index in [9.17, 15) is 4.79 Å². The number of amides is 1. The molecule has 1 aliphatic heterocycles. The molecule has 1 heterocycles. The third-order valence-electron chi connectivity index (χ3n) is 2.38. The van der Waals surface area contributed by atoms with E-state index in [1.807, 2.05) is 13.8 Å². The molecule has 4 heteroatoms. The van der Waals surface area contributed by atoms with Crippen LogP contribution < -0.4 is 5.73 Å². The van der Waals surface area contributed by atoms with E-state index in [1.165, 1.54) is 0 Å². The van der Waals surface area contributed by atoms with Crippen LogP contribution in [-0.4, -0.2) is 29.9 Å². The number of hydrogen-bond acceptors (Lipinski definition) is 3. The van der Waals surface area contributed by atoms with Crippen molar-refractivity contribution in [1.82, 2.24) is 4.90 Å². The number of hydrogen-bond donors (Lipinski definition) is 1. The van der Waals surface area contributed by atoms with E-state index >= 15 is 0 Å². The molecule has 0 aromatic rings. The number of nitrogens with two attached hydrogens (primary N) is 1. The molecular weight excluding hydrogens is 166 g/mol. The van der Waals surface area contributed by atoms with Gasteiger partial charge in [-0.05, 0) is 5.92 Å². The molecule has 13 heavy (non-hydrogen) atoms. The van der Waals surface area contributed by atoms with E-state index in [-0.39, 0.29) is 17.7 Å². The second-order valence-electron chi connectivity index (χ2n) is 3.84. The number of rotatable bonds is 2. The Bertz CT molecular complexity index is 238. The summed E-state index contributed by atoms with van der Waals surface area (Å²) in [6, 6.07) is 1.70. The fourth-order valence-electron chi connectivity index (χ4n) is 1.24. The summed E-state index contributed by atoms with van der Waals surface area (Å²) in [5.41, 5.74) is 5.68. The van der Waals surface area contributed by atoms with Gasteiger partial charge in [-0.25, -0.2) is 0 Å². The molecule has 4 nitrogen and oxygen atoms in total. The van der Waals surface area contributed by atoms with E-state index < -0.39 is 6.04 Å². The number of carbonyl (C=O) groups excluding carboxylic acids is 1. The zero-order valence-electron chi connectivity index (χ0n) is 8.03. The van der Waals surface area contributed by atoms with Crippen LogP contribution in [0.4, 0.5) is 0 Å². The van der Waals surface area contributed by atoms with Crippen LogP contribution in [0.3, 0.4) is 0 Å². The maximum Gasteiger partial charge on any atom is 0.239 e. The third kappa shape index (κ3) is 1.99. The number of nitrogens with zero attached hydrogens (tertiary/aromatic N) is 2. The summed E-state index contributed by atoms with van der Waals surface area (Å²) in [5, 5.41) is 8.51. The Kier molecular flexibility index (Phi) is 2.89. The fraction of sp³-hybridized carbons (Fsp3) is 0.778. The highest BCUT2D eigenvalue weighted by atomic mass is 16.2. The van der Waals surface area contributed by atoms with Crippen LogP contribution in [0.15, 0.2) is 0 Å². The highest BCUT2D eigenvalue weighted by Crippen LogP contribution is 2.16. The monoisotopic (exact) mass is 181 g/mol. The Hall–Kier alpha value is -1.08. The highest BCUT2D eigenvalue weighted by molar-refractivity contribution is 5.82. The summed E-state index contributed by atoms with van der Waals surface area (Å²) in [7, 11) is 0. The predicted octanol–water partition coefficient (Wildman–Crippen LogP) is -0.0483. The van der Waals surface area contributed by atoms with Crippen LogP contribution in [-0.2, 0) is 4.79 Å². The molecule has 0 saturated carbocycles. The van der Waals surface area contributed by atoms with Crippen molar-refractivity contribution in [3.63, 3.8) is 0 Å². The molecule has 0 bridgehead atoms. The maximum absolute atomic E-state index is 11.5. The summed E-state index contributed by atoms with van der Waals surface area (Å²) in [6.45, 7) is 4.94. The van der Waals surface area contributed by atoms with Gasteiger partial charge in [0, 0.05) is 13.1 Å². The minimum Gasteiger partial charge on any atom is -0.339 e. The molecule has 1 unspecified atom stereocenters. The van der Waals surface area contributed by atoms with Gasteiger partial charge in [-0.15, -0.1) is 0 Å². The minimum atomic E-state index is -0.417. The second-order valence-corrected chi connectivity index (χ2v) is 3.84. The Morgan fingerprint density at radius 2 is 2.15 bits per heavy atom. The standard InChI is InChI=1S/C9H15N3O/c1-6(2)8(11)9(13)12-4-7(3-10)5-12/h6-8H,4-5,11H2,1-2H3. The normalized spacial score (nSPS) is 19.5. The van der Waals surface area contributed by atoms with Crippen molar-refractivity contribution in [3.05, 3.63) is 0 Å². The molecule has 0 aliphatic carbocycles. The van der Waals surface area contributed by atoms with Crippen molar-refractivity contribution < 1.29 is 4.79 Å². The van der Waals surface area contributed by atoms with Crippen molar-refractivity contribution in [2.75, 3.05) is 13.1 Å². The third-order valence-corrected chi connectivity index (χ3v) is 2.38. The average Bonchev–Trinajstić information content (AvgIpc) is 2.00. The minimum absolute atomic E-state index is 0.0170. The molecule has 72 valence electrons. The molecule has 2 N–H and O–H groups in total. The number of nitriles is 1. The van der Waals surface area contributed by atoms with Gasteiger partial charge in [0.15, 0.2) is 0 Å². The molecule has 0 radical (unpaired) electrons. The first-order valence-corrected chi connectivity index (χ1v) is 4.50. The Labute approximate surface area is 78.3 Å². The molecule has 1 atom stereocenters. The smallest absolute Gasteiger partial charge is 0.239 e. The van der Waals surface area contributed by atoms with Gasteiger partial charge in [-0.3, -0.25) is 4.79 Å². The molecular formula is C9H15N3O. The average molecular weight is 181 g/mol. The van der Waals surface area contributed by atoms with Gasteiger partial charge in [-0.2, -0.15) is 5.26 Å². The van der Waals surface area contributed by atoms with Gasteiger partial charge in [0.2, 0.25) is 5.91 Å². The van der Waals surface area contributed by atoms with Crippen molar-refractivity contribution in [2.24, 2.45) is 17.6 Å². The van der Waals surface area contributed by atoms with E-state index in [4.69, 9.17) is 11.0 Å². The summed E-state index contributed by atoms with van der Waals surface area (Å²) >= 11 is 0. The SMILES string of the molecule is CC(C)C(N)C(=O)N1CC(C#N)C1. The van der Waals surface area contributed by atoms with Crippen molar-refractivity contribution >= 4 is 5.91 Å². The van der Waals surface area contributed by atoms with Gasteiger partial charge in [-0.1, -0.05) is 13.8 Å². The zero-order valence-corrected chi connectivity index (χ0v) is 8.03.